The molecular formula is C11H14N4. The van der Waals surface area contributed by atoms with Gasteiger partial charge in [0.2, 0.25) is 0 Å². The molecule has 2 N–H and O–H groups in total. The second kappa shape index (κ2) is 3.53. The van der Waals surface area contributed by atoms with Crippen molar-refractivity contribution < 1.29 is 0 Å². The third-order valence-corrected chi connectivity index (χ3v) is 2.86. The molecule has 0 radical (unpaired) electrons. The van der Waals surface area contributed by atoms with Crippen LogP contribution < -0.4 is 10.6 Å². The van der Waals surface area contributed by atoms with E-state index in [1.807, 2.05) is 6.20 Å². The molecular weight excluding hydrogens is 188 g/mol. The van der Waals surface area contributed by atoms with Crippen molar-refractivity contribution in [2.24, 2.45) is 4.99 Å². The minimum Gasteiger partial charge on any atom is -0.354 e. The minimum atomic E-state index is 0.862. The van der Waals surface area contributed by atoms with Gasteiger partial charge in [-0.2, -0.15) is 0 Å². The molecule has 0 bridgehead atoms. The van der Waals surface area contributed by atoms with Crippen LogP contribution in [0.4, 0.5) is 5.69 Å². The number of rotatable bonds is 1. The summed E-state index contributed by atoms with van der Waals surface area (Å²) < 4.78 is 0. The molecule has 0 saturated heterocycles. The van der Waals surface area contributed by atoms with Crippen molar-refractivity contribution in [3.05, 3.63) is 23.5 Å². The van der Waals surface area contributed by atoms with E-state index in [2.05, 4.69) is 26.7 Å². The molecule has 2 heterocycles. The lowest BCUT2D eigenvalue weighted by atomic mass is 10.2. The predicted octanol–water partition coefficient (Wildman–Crippen LogP) is 0.941. The average Bonchev–Trinajstić information content (AvgIpc) is 2.87. The van der Waals surface area contributed by atoms with Crippen molar-refractivity contribution in [1.29, 1.82) is 0 Å². The van der Waals surface area contributed by atoms with E-state index in [-0.39, 0.29) is 0 Å². The van der Waals surface area contributed by atoms with Gasteiger partial charge in [-0.1, -0.05) is 0 Å². The lowest BCUT2D eigenvalue weighted by Crippen LogP contribution is -2.26. The normalized spacial score (nSPS) is 18.3. The van der Waals surface area contributed by atoms with Crippen molar-refractivity contribution in [3.8, 4) is 0 Å². The van der Waals surface area contributed by atoms with Gasteiger partial charge in [-0.3, -0.25) is 9.98 Å². The van der Waals surface area contributed by atoms with Crippen molar-refractivity contribution in [2.75, 3.05) is 18.4 Å². The summed E-state index contributed by atoms with van der Waals surface area (Å²) in [4.78, 5) is 8.75. The molecule has 4 nitrogen and oxygen atoms in total. The van der Waals surface area contributed by atoms with Gasteiger partial charge in [0.05, 0.1) is 18.4 Å². The summed E-state index contributed by atoms with van der Waals surface area (Å²) in [7, 11) is 0. The van der Waals surface area contributed by atoms with Crippen LogP contribution in [-0.4, -0.2) is 24.0 Å². The second-order valence-corrected chi connectivity index (χ2v) is 3.97. The van der Waals surface area contributed by atoms with Gasteiger partial charge in [0, 0.05) is 12.2 Å². The zero-order chi connectivity index (χ0) is 10.1. The number of guanidine groups is 1. The smallest absolute Gasteiger partial charge is 0.195 e. The maximum Gasteiger partial charge on any atom is 0.195 e. The van der Waals surface area contributed by atoms with E-state index in [4.69, 9.17) is 0 Å². The third kappa shape index (κ3) is 1.67. The Hall–Kier alpha value is -1.58. The molecule has 1 aliphatic heterocycles. The topological polar surface area (TPSA) is 49.3 Å². The van der Waals surface area contributed by atoms with E-state index < -0.39 is 0 Å². The number of aliphatic imine (C=N–C) groups is 1. The van der Waals surface area contributed by atoms with Crippen LogP contribution in [0, 0.1) is 0 Å². The first-order valence-corrected chi connectivity index (χ1v) is 5.45. The number of nitrogens with one attached hydrogen (secondary N) is 2. The first-order valence-electron chi connectivity index (χ1n) is 5.45. The van der Waals surface area contributed by atoms with Gasteiger partial charge in [-0.25, -0.2) is 0 Å². The molecule has 3 rings (SSSR count). The number of anilines is 1. The molecule has 0 spiro atoms. The molecule has 2 aliphatic rings. The van der Waals surface area contributed by atoms with Gasteiger partial charge in [-0.15, -0.1) is 0 Å². The van der Waals surface area contributed by atoms with Crippen LogP contribution >= 0.6 is 0 Å². The molecule has 0 amide bonds. The van der Waals surface area contributed by atoms with E-state index in [0.717, 1.165) is 37.6 Å². The van der Waals surface area contributed by atoms with Crippen LogP contribution in [0.2, 0.25) is 0 Å². The number of aromatic nitrogens is 1. The van der Waals surface area contributed by atoms with Crippen LogP contribution in [0.3, 0.4) is 0 Å². The van der Waals surface area contributed by atoms with Crippen LogP contribution in [0.15, 0.2) is 17.3 Å². The highest BCUT2D eigenvalue weighted by molar-refractivity contribution is 5.94. The lowest BCUT2D eigenvalue weighted by molar-refractivity contribution is 0.899. The Labute approximate surface area is 88.8 Å². The highest BCUT2D eigenvalue weighted by Gasteiger charge is 2.13. The standard InChI is InChI=1S/C11H14N4/c1-2-8-6-9(7-14-10(8)3-1)15-11-12-4-5-13-11/h6-7H,1-5H2,(H2,12,13,15). The highest BCUT2D eigenvalue weighted by atomic mass is 15.2. The van der Waals surface area contributed by atoms with Gasteiger partial charge in [0.15, 0.2) is 5.96 Å². The van der Waals surface area contributed by atoms with Crippen molar-refractivity contribution in [2.45, 2.75) is 19.3 Å². The molecule has 0 aromatic carbocycles. The number of nitrogens with zero attached hydrogens (tertiary/aromatic N) is 2. The van der Waals surface area contributed by atoms with Crippen LogP contribution in [0.1, 0.15) is 17.7 Å². The molecule has 1 aliphatic carbocycles. The van der Waals surface area contributed by atoms with Gasteiger partial charge < -0.3 is 10.6 Å². The fourth-order valence-corrected chi connectivity index (χ4v) is 2.11. The lowest BCUT2D eigenvalue weighted by Gasteiger charge is -2.07. The predicted molar refractivity (Wildman–Crippen MR) is 60.2 cm³/mol. The van der Waals surface area contributed by atoms with Gasteiger partial charge in [0.1, 0.15) is 0 Å². The molecule has 78 valence electrons. The Kier molecular flexibility index (Phi) is 2.05. The third-order valence-electron chi connectivity index (χ3n) is 2.86. The Morgan fingerprint density at radius 1 is 1.33 bits per heavy atom. The van der Waals surface area contributed by atoms with Gasteiger partial charge in [0.25, 0.3) is 0 Å². The fourth-order valence-electron chi connectivity index (χ4n) is 2.11. The first kappa shape index (κ1) is 8.71. The first-order chi connectivity index (χ1) is 7.42. The molecule has 0 atom stereocenters. The zero-order valence-corrected chi connectivity index (χ0v) is 8.58. The van der Waals surface area contributed by atoms with E-state index in [0.29, 0.717) is 0 Å². The summed E-state index contributed by atoms with van der Waals surface area (Å²) in [5.74, 6) is 0.870. The quantitative estimate of drug-likeness (QED) is 0.712. The van der Waals surface area contributed by atoms with Crippen molar-refractivity contribution in [1.82, 2.24) is 10.3 Å². The van der Waals surface area contributed by atoms with Gasteiger partial charge in [-0.05, 0) is 30.9 Å². The number of hydrogen-bond acceptors (Lipinski definition) is 4. The van der Waals surface area contributed by atoms with Crippen LogP contribution in [-0.2, 0) is 12.8 Å². The SMILES string of the molecule is c1nc2c(cc1NC1=NCCN1)CCC2. The van der Waals surface area contributed by atoms with E-state index in [9.17, 15) is 0 Å². The monoisotopic (exact) mass is 202 g/mol. The van der Waals surface area contributed by atoms with Crippen LogP contribution in [0.5, 0.6) is 0 Å². The Morgan fingerprint density at radius 3 is 3.20 bits per heavy atom. The summed E-state index contributed by atoms with van der Waals surface area (Å²) in [5, 5.41) is 6.43. The number of hydrogen-bond donors (Lipinski definition) is 2. The summed E-state index contributed by atoms with van der Waals surface area (Å²) in [6.07, 6.45) is 5.43. The Balaban J connectivity index is 1.80. The number of fused-ring (bicyclic) bond motifs is 1. The number of pyridine rings is 1. The summed E-state index contributed by atoms with van der Waals surface area (Å²) >= 11 is 0. The maximum absolute atomic E-state index is 4.46. The molecule has 0 saturated carbocycles. The summed E-state index contributed by atoms with van der Waals surface area (Å²) in [6.45, 7) is 1.79. The van der Waals surface area contributed by atoms with Crippen molar-refractivity contribution >= 4 is 11.6 Å². The molecule has 0 unspecified atom stereocenters. The molecule has 1 aromatic rings. The largest absolute Gasteiger partial charge is 0.354 e. The van der Waals surface area contributed by atoms with Gasteiger partial charge >= 0.3 is 0 Å². The number of aryl methyl sites for hydroxylation is 2. The summed E-state index contributed by atoms with van der Waals surface area (Å²) in [5.41, 5.74) is 3.70. The fraction of sp³-hybridized carbons (Fsp3) is 0.455. The molecule has 4 heteroatoms. The van der Waals surface area contributed by atoms with E-state index >= 15 is 0 Å². The minimum absolute atomic E-state index is 0.862. The Morgan fingerprint density at radius 2 is 2.33 bits per heavy atom. The molecule has 1 aromatic heterocycles. The molecule has 0 fully saturated rings. The van der Waals surface area contributed by atoms with Crippen molar-refractivity contribution in [3.63, 3.8) is 0 Å². The average molecular weight is 202 g/mol. The summed E-state index contributed by atoms with van der Waals surface area (Å²) in [6, 6.07) is 2.19. The van der Waals surface area contributed by atoms with E-state index in [1.54, 1.807) is 0 Å². The Bertz CT molecular complexity index is 411. The maximum atomic E-state index is 4.46. The zero-order valence-electron chi connectivity index (χ0n) is 8.58. The second-order valence-electron chi connectivity index (χ2n) is 3.97. The highest BCUT2D eigenvalue weighted by Crippen LogP contribution is 2.22. The molecule has 15 heavy (non-hydrogen) atoms. The van der Waals surface area contributed by atoms with E-state index in [1.165, 1.54) is 17.7 Å². The van der Waals surface area contributed by atoms with Crippen LogP contribution in [0.25, 0.3) is 0 Å².